The highest BCUT2D eigenvalue weighted by Crippen LogP contribution is 2.39. The van der Waals surface area contributed by atoms with Crippen LogP contribution in [0.1, 0.15) is 12.8 Å². The molecule has 4 nitrogen and oxygen atoms in total. The van der Waals surface area contributed by atoms with Crippen molar-refractivity contribution < 1.29 is 9.59 Å². The Morgan fingerprint density at radius 3 is 1.92 bits per heavy atom. The van der Waals surface area contributed by atoms with Crippen LogP contribution < -0.4 is 0 Å². The van der Waals surface area contributed by atoms with E-state index < -0.39 is 0 Å². The van der Waals surface area contributed by atoms with Gasteiger partial charge in [-0.05, 0) is 12.8 Å². The first-order valence-corrected chi connectivity index (χ1v) is 4.67. The molecule has 2 rings (SSSR count). The summed E-state index contributed by atoms with van der Waals surface area (Å²) in [4.78, 5) is 24.5. The highest BCUT2D eigenvalue weighted by atomic mass is 16.1. The summed E-state index contributed by atoms with van der Waals surface area (Å²) >= 11 is 0. The third-order valence-corrected chi connectivity index (χ3v) is 3.23. The van der Waals surface area contributed by atoms with Gasteiger partial charge in [0.25, 0.3) is 0 Å². The van der Waals surface area contributed by atoms with Crippen molar-refractivity contribution in [2.45, 2.75) is 12.8 Å². The minimum absolute atomic E-state index is 0.348. The SMILES string of the molecule is O=CN1CCC2(CC1)CN(C=O)C2. The molecule has 0 unspecified atom stereocenters. The van der Waals surface area contributed by atoms with E-state index in [1.165, 1.54) is 0 Å². The molecular formula is C9H14N2O2. The zero-order chi connectivity index (χ0) is 9.31. The molecule has 0 N–H and O–H groups in total. The summed E-state index contributed by atoms with van der Waals surface area (Å²) in [6, 6.07) is 0. The first-order chi connectivity index (χ1) is 6.28. The average molecular weight is 182 g/mol. The summed E-state index contributed by atoms with van der Waals surface area (Å²) in [6.07, 6.45) is 3.94. The van der Waals surface area contributed by atoms with Gasteiger partial charge in [0, 0.05) is 31.6 Å². The maximum Gasteiger partial charge on any atom is 0.209 e. The van der Waals surface area contributed by atoms with Gasteiger partial charge in [0.1, 0.15) is 0 Å². The van der Waals surface area contributed by atoms with Crippen LogP contribution in [-0.4, -0.2) is 48.8 Å². The van der Waals surface area contributed by atoms with E-state index in [-0.39, 0.29) is 0 Å². The number of amides is 2. The fourth-order valence-corrected chi connectivity index (χ4v) is 2.31. The molecule has 0 atom stereocenters. The highest BCUT2D eigenvalue weighted by Gasteiger charge is 2.44. The van der Waals surface area contributed by atoms with Gasteiger partial charge in [-0.2, -0.15) is 0 Å². The highest BCUT2D eigenvalue weighted by molar-refractivity contribution is 5.50. The zero-order valence-electron chi connectivity index (χ0n) is 7.61. The number of nitrogens with zero attached hydrogens (tertiary/aromatic N) is 2. The maximum absolute atomic E-state index is 10.5. The zero-order valence-corrected chi connectivity index (χ0v) is 7.61. The number of carbonyl (C=O) groups is 2. The lowest BCUT2D eigenvalue weighted by molar-refractivity contribution is -0.135. The molecule has 0 aromatic heterocycles. The van der Waals surface area contributed by atoms with Gasteiger partial charge in [-0.1, -0.05) is 0 Å². The quantitative estimate of drug-likeness (QED) is 0.550. The Morgan fingerprint density at radius 2 is 1.46 bits per heavy atom. The topological polar surface area (TPSA) is 40.6 Å². The van der Waals surface area contributed by atoms with Crippen molar-refractivity contribution in [3.63, 3.8) is 0 Å². The summed E-state index contributed by atoms with van der Waals surface area (Å²) in [5, 5.41) is 0. The Labute approximate surface area is 77.5 Å². The third-order valence-electron chi connectivity index (χ3n) is 3.23. The van der Waals surface area contributed by atoms with Crippen LogP contribution in [0.25, 0.3) is 0 Å². The smallest absolute Gasteiger partial charge is 0.209 e. The molecule has 0 radical (unpaired) electrons. The van der Waals surface area contributed by atoms with Gasteiger partial charge < -0.3 is 9.80 Å². The van der Waals surface area contributed by atoms with Crippen molar-refractivity contribution in [2.75, 3.05) is 26.2 Å². The van der Waals surface area contributed by atoms with Gasteiger partial charge in [-0.15, -0.1) is 0 Å². The number of likely N-dealkylation sites (tertiary alicyclic amines) is 2. The third kappa shape index (κ3) is 1.41. The second kappa shape index (κ2) is 3.01. The van der Waals surface area contributed by atoms with Crippen LogP contribution in [0.5, 0.6) is 0 Å². The van der Waals surface area contributed by atoms with Crippen LogP contribution in [0.4, 0.5) is 0 Å². The van der Waals surface area contributed by atoms with Gasteiger partial charge in [0.2, 0.25) is 12.8 Å². The van der Waals surface area contributed by atoms with E-state index in [4.69, 9.17) is 0 Å². The van der Waals surface area contributed by atoms with E-state index in [1.54, 1.807) is 4.90 Å². The van der Waals surface area contributed by atoms with Gasteiger partial charge >= 0.3 is 0 Å². The molecule has 0 aromatic rings. The predicted molar refractivity (Wildman–Crippen MR) is 46.9 cm³/mol. The summed E-state index contributed by atoms with van der Waals surface area (Å²) in [6.45, 7) is 3.50. The van der Waals surface area contributed by atoms with Gasteiger partial charge in [-0.25, -0.2) is 0 Å². The molecule has 0 aromatic carbocycles. The average Bonchev–Trinajstić information content (AvgIpc) is 2.14. The first-order valence-electron chi connectivity index (χ1n) is 4.67. The van der Waals surface area contributed by atoms with Crippen molar-refractivity contribution in [1.29, 1.82) is 0 Å². The lowest BCUT2D eigenvalue weighted by atomic mass is 9.72. The molecule has 0 saturated carbocycles. The lowest BCUT2D eigenvalue weighted by Crippen LogP contribution is -2.59. The fraction of sp³-hybridized carbons (Fsp3) is 0.778. The second-order valence-corrected chi connectivity index (χ2v) is 4.15. The molecule has 0 bridgehead atoms. The van der Waals surface area contributed by atoms with Crippen molar-refractivity contribution >= 4 is 12.8 Å². The lowest BCUT2D eigenvalue weighted by Gasteiger charge is -2.52. The first kappa shape index (κ1) is 8.53. The number of rotatable bonds is 2. The molecule has 2 aliphatic rings. The molecule has 4 heteroatoms. The van der Waals surface area contributed by atoms with E-state index in [0.29, 0.717) is 5.41 Å². The molecule has 2 saturated heterocycles. The van der Waals surface area contributed by atoms with Crippen LogP contribution >= 0.6 is 0 Å². The molecule has 2 aliphatic heterocycles. The fourth-order valence-electron chi connectivity index (χ4n) is 2.31. The number of hydrogen-bond donors (Lipinski definition) is 0. The summed E-state index contributed by atoms with van der Waals surface area (Å²) < 4.78 is 0. The van der Waals surface area contributed by atoms with Crippen LogP contribution in [0.15, 0.2) is 0 Å². The van der Waals surface area contributed by atoms with E-state index in [2.05, 4.69) is 0 Å². The van der Waals surface area contributed by atoms with E-state index in [1.807, 2.05) is 4.90 Å². The van der Waals surface area contributed by atoms with E-state index in [0.717, 1.165) is 51.8 Å². The Morgan fingerprint density at radius 1 is 0.923 bits per heavy atom. The summed E-state index contributed by atoms with van der Waals surface area (Å²) in [5.41, 5.74) is 0.348. The van der Waals surface area contributed by atoms with Gasteiger partial charge in [0.05, 0.1) is 0 Å². The van der Waals surface area contributed by atoms with Crippen LogP contribution in [0.2, 0.25) is 0 Å². The molecule has 0 aliphatic carbocycles. The van der Waals surface area contributed by atoms with Gasteiger partial charge in [0.15, 0.2) is 0 Å². The van der Waals surface area contributed by atoms with Crippen molar-refractivity contribution in [3.05, 3.63) is 0 Å². The minimum Gasteiger partial charge on any atom is -0.345 e. The monoisotopic (exact) mass is 182 g/mol. The molecule has 13 heavy (non-hydrogen) atoms. The Kier molecular flexibility index (Phi) is 1.98. The normalized spacial score (nSPS) is 25.5. The van der Waals surface area contributed by atoms with Crippen LogP contribution in [0, 0.1) is 5.41 Å². The Hall–Kier alpha value is -1.06. The van der Waals surface area contributed by atoms with Crippen LogP contribution in [0.3, 0.4) is 0 Å². The second-order valence-electron chi connectivity index (χ2n) is 4.15. The molecule has 2 heterocycles. The number of hydrogen-bond acceptors (Lipinski definition) is 2. The van der Waals surface area contributed by atoms with E-state index in [9.17, 15) is 9.59 Å². The molecule has 2 fully saturated rings. The molecule has 1 spiro atoms. The largest absolute Gasteiger partial charge is 0.345 e. The van der Waals surface area contributed by atoms with Crippen molar-refractivity contribution in [2.24, 2.45) is 5.41 Å². The van der Waals surface area contributed by atoms with Crippen molar-refractivity contribution in [3.8, 4) is 0 Å². The minimum atomic E-state index is 0.348. The van der Waals surface area contributed by atoms with Crippen molar-refractivity contribution in [1.82, 2.24) is 9.80 Å². The molecular weight excluding hydrogens is 168 g/mol. The Bertz CT molecular complexity index is 214. The molecule has 2 amide bonds. The predicted octanol–water partition coefficient (Wildman–Crippen LogP) is -0.303. The number of carbonyl (C=O) groups excluding carboxylic acids is 2. The van der Waals surface area contributed by atoms with Gasteiger partial charge in [-0.3, -0.25) is 9.59 Å². The van der Waals surface area contributed by atoms with E-state index >= 15 is 0 Å². The Balaban J connectivity index is 1.85. The summed E-state index contributed by atoms with van der Waals surface area (Å²) in [5.74, 6) is 0. The summed E-state index contributed by atoms with van der Waals surface area (Å²) in [7, 11) is 0. The standard InChI is InChI=1S/C9H14N2O2/c12-7-10-3-1-9(2-4-10)5-11(6-9)8-13/h7-8H,1-6H2. The maximum atomic E-state index is 10.5. The number of piperidine rings is 1. The molecule has 72 valence electrons. The van der Waals surface area contributed by atoms with Crippen LogP contribution in [-0.2, 0) is 9.59 Å².